The van der Waals surface area contributed by atoms with E-state index in [1.807, 2.05) is 13.0 Å². The summed E-state index contributed by atoms with van der Waals surface area (Å²) in [5, 5.41) is 3.52. The summed E-state index contributed by atoms with van der Waals surface area (Å²) in [5.41, 5.74) is 0. The molecule has 0 amide bonds. The average molecular weight is 236 g/mol. The number of piperidine rings is 1. The van der Waals surface area contributed by atoms with Crippen LogP contribution in [0, 0.1) is 6.92 Å². The van der Waals surface area contributed by atoms with E-state index in [-0.39, 0.29) is 0 Å². The Morgan fingerprint density at radius 2 is 2.06 bits per heavy atom. The molecule has 3 heteroatoms. The first-order valence-electron chi connectivity index (χ1n) is 6.78. The Balaban J connectivity index is 1.67. The molecule has 1 aliphatic heterocycles. The minimum Gasteiger partial charge on any atom is -0.465 e. The van der Waals surface area contributed by atoms with Gasteiger partial charge in [-0.05, 0) is 51.9 Å². The summed E-state index contributed by atoms with van der Waals surface area (Å²) in [6.07, 6.45) is 4.14. The van der Waals surface area contributed by atoms with Gasteiger partial charge in [0, 0.05) is 13.1 Å². The van der Waals surface area contributed by atoms with E-state index in [2.05, 4.69) is 23.2 Å². The van der Waals surface area contributed by atoms with Crippen LogP contribution in [0.25, 0.3) is 0 Å². The fraction of sp³-hybridized carbons (Fsp3) is 0.714. The third kappa shape index (κ3) is 3.86. The van der Waals surface area contributed by atoms with Gasteiger partial charge in [-0.2, -0.15) is 0 Å². The van der Waals surface area contributed by atoms with E-state index in [1.165, 1.54) is 32.4 Å². The van der Waals surface area contributed by atoms with Gasteiger partial charge in [-0.15, -0.1) is 0 Å². The molecular weight excluding hydrogens is 212 g/mol. The summed E-state index contributed by atoms with van der Waals surface area (Å²) in [6, 6.07) is 4.40. The fourth-order valence-corrected chi connectivity index (χ4v) is 2.41. The molecule has 1 aromatic heterocycles. The van der Waals surface area contributed by atoms with E-state index in [0.29, 0.717) is 6.04 Å². The zero-order chi connectivity index (χ0) is 12.1. The first-order chi connectivity index (χ1) is 8.25. The number of hydrogen-bond acceptors (Lipinski definition) is 3. The van der Waals surface area contributed by atoms with E-state index in [1.54, 1.807) is 0 Å². The van der Waals surface area contributed by atoms with E-state index in [9.17, 15) is 0 Å². The van der Waals surface area contributed by atoms with Gasteiger partial charge in [0.05, 0.1) is 6.04 Å². The lowest BCUT2D eigenvalue weighted by Gasteiger charge is -2.26. The predicted octanol–water partition coefficient (Wildman–Crippen LogP) is 2.72. The smallest absolute Gasteiger partial charge is 0.120 e. The lowest BCUT2D eigenvalue weighted by atomic mass is 10.1. The van der Waals surface area contributed by atoms with Gasteiger partial charge in [0.15, 0.2) is 0 Å². The van der Waals surface area contributed by atoms with E-state index in [0.717, 1.165) is 24.6 Å². The van der Waals surface area contributed by atoms with Crippen LogP contribution >= 0.6 is 0 Å². The normalized spacial score (nSPS) is 19.4. The molecule has 1 N–H and O–H groups in total. The molecule has 1 aliphatic rings. The van der Waals surface area contributed by atoms with Crippen molar-refractivity contribution in [2.45, 2.75) is 39.2 Å². The third-order valence-electron chi connectivity index (χ3n) is 3.52. The van der Waals surface area contributed by atoms with E-state index < -0.39 is 0 Å². The van der Waals surface area contributed by atoms with Crippen LogP contribution < -0.4 is 5.32 Å². The van der Waals surface area contributed by atoms with Gasteiger partial charge in [-0.1, -0.05) is 6.42 Å². The monoisotopic (exact) mass is 236 g/mol. The molecule has 1 atom stereocenters. The Morgan fingerprint density at radius 3 is 2.71 bits per heavy atom. The maximum Gasteiger partial charge on any atom is 0.120 e. The third-order valence-corrected chi connectivity index (χ3v) is 3.52. The Hall–Kier alpha value is -0.800. The van der Waals surface area contributed by atoms with Crippen molar-refractivity contribution in [1.82, 2.24) is 10.2 Å². The zero-order valence-electron chi connectivity index (χ0n) is 11.0. The quantitative estimate of drug-likeness (QED) is 0.852. The van der Waals surface area contributed by atoms with Gasteiger partial charge < -0.3 is 14.6 Å². The molecule has 2 heterocycles. The van der Waals surface area contributed by atoms with Crippen molar-refractivity contribution >= 4 is 0 Å². The molecule has 0 radical (unpaired) electrons. The Labute approximate surface area is 104 Å². The number of likely N-dealkylation sites (tertiary alicyclic amines) is 1. The highest BCUT2D eigenvalue weighted by atomic mass is 16.3. The van der Waals surface area contributed by atoms with Crippen LogP contribution in [-0.2, 0) is 0 Å². The van der Waals surface area contributed by atoms with Crippen LogP contribution in [-0.4, -0.2) is 31.1 Å². The Bertz CT molecular complexity index is 329. The second-order valence-corrected chi connectivity index (χ2v) is 5.03. The summed E-state index contributed by atoms with van der Waals surface area (Å²) in [7, 11) is 0. The van der Waals surface area contributed by atoms with Crippen molar-refractivity contribution in [3.05, 3.63) is 23.7 Å². The Kier molecular flexibility index (Phi) is 4.63. The van der Waals surface area contributed by atoms with E-state index in [4.69, 9.17) is 4.42 Å². The molecular formula is C14H24N2O. The number of nitrogens with zero attached hydrogens (tertiary/aromatic N) is 1. The maximum atomic E-state index is 5.61. The molecule has 96 valence electrons. The molecule has 3 nitrogen and oxygen atoms in total. The molecule has 0 spiro atoms. The number of furan rings is 1. The Morgan fingerprint density at radius 1 is 1.29 bits per heavy atom. The largest absolute Gasteiger partial charge is 0.465 e. The first kappa shape index (κ1) is 12.7. The molecule has 0 saturated carbocycles. The van der Waals surface area contributed by atoms with Gasteiger partial charge in [-0.25, -0.2) is 0 Å². The number of hydrogen-bond donors (Lipinski definition) is 1. The van der Waals surface area contributed by atoms with Crippen LogP contribution in [0.1, 0.15) is 43.7 Å². The molecule has 17 heavy (non-hydrogen) atoms. The highest BCUT2D eigenvalue weighted by molar-refractivity contribution is 5.08. The molecule has 1 fully saturated rings. The molecule has 1 saturated heterocycles. The highest BCUT2D eigenvalue weighted by Crippen LogP contribution is 2.15. The molecule has 1 aromatic rings. The van der Waals surface area contributed by atoms with Crippen molar-refractivity contribution in [3.8, 4) is 0 Å². The van der Waals surface area contributed by atoms with Crippen molar-refractivity contribution in [2.24, 2.45) is 0 Å². The maximum absolute atomic E-state index is 5.61. The minimum atomic E-state index is 0.313. The van der Waals surface area contributed by atoms with Crippen molar-refractivity contribution in [1.29, 1.82) is 0 Å². The number of aryl methyl sites for hydroxylation is 1. The minimum absolute atomic E-state index is 0.313. The molecule has 0 aliphatic carbocycles. The van der Waals surface area contributed by atoms with Gasteiger partial charge in [0.1, 0.15) is 11.5 Å². The SMILES string of the molecule is Cc1ccc(C(C)NCCN2CCCCC2)o1. The van der Waals surface area contributed by atoms with Crippen molar-refractivity contribution < 1.29 is 4.42 Å². The van der Waals surface area contributed by atoms with Crippen LogP contribution in [0.4, 0.5) is 0 Å². The second kappa shape index (κ2) is 6.22. The standard InChI is InChI=1S/C14H24N2O/c1-12-6-7-14(17-12)13(2)15-8-11-16-9-4-3-5-10-16/h6-7,13,15H,3-5,8-11H2,1-2H3. The summed E-state index contributed by atoms with van der Waals surface area (Å²) in [5.74, 6) is 2.03. The van der Waals surface area contributed by atoms with Crippen LogP contribution in [0.2, 0.25) is 0 Å². The summed E-state index contributed by atoms with van der Waals surface area (Å²) >= 11 is 0. The van der Waals surface area contributed by atoms with Crippen molar-refractivity contribution in [3.63, 3.8) is 0 Å². The van der Waals surface area contributed by atoms with Gasteiger partial charge in [0.25, 0.3) is 0 Å². The number of nitrogens with one attached hydrogen (secondary N) is 1. The van der Waals surface area contributed by atoms with Crippen LogP contribution in [0.15, 0.2) is 16.5 Å². The summed E-state index contributed by atoms with van der Waals surface area (Å²) in [4.78, 5) is 2.55. The van der Waals surface area contributed by atoms with E-state index >= 15 is 0 Å². The first-order valence-corrected chi connectivity index (χ1v) is 6.78. The number of rotatable bonds is 5. The van der Waals surface area contributed by atoms with Gasteiger partial charge in [-0.3, -0.25) is 0 Å². The molecule has 2 rings (SSSR count). The van der Waals surface area contributed by atoms with Crippen LogP contribution in [0.5, 0.6) is 0 Å². The summed E-state index contributed by atoms with van der Waals surface area (Å²) < 4.78 is 5.61. The molecule has 0 bridgehead atoms. The van der Waals surface area contributed by atoms with Gasteiger partial charge >= 0.3 is 0 Å². The highest BCUT2D eigenvalue weighted by Gasteiger charge is 2.11. The molecule has 0 aromatic carbocycles. The summed E-state index contributed by atoms with van der Waals surface area (Å²) in [6.45, 7) is 8.90. The molecule has 1 unspecified atom stereocenters. The van der Waals surface area contributed by atoms with Gasteiger partial charge in [0.2, 0.25) is 0 Å². The zero-order valence-corrected chi connectivity index (χ0v) is 11.0. The second-order valence-electron chi connectivity index (χ2n) is 5.03. The lowest BCUT2D eigenvalue weighted by Crippen LogP contribution is -2.36. The topological polar surface area (TPSA) is 28.4 Å². The fourth-order valence-electron chi connectivity index (χ4n) is 2.41. The van der Waals surface area contributed by atoms with Crippen LogP contribution in [0.3, 0.4) is 0 Å². The lowest BCUT2D eigenvalue weighted by molar-refractivity contribution is 0.225. The predicted molar refractivity (Wildman–Crippen MR) is 70.2 cm³/mol. The van der Waals surface area contributed by atoms with Crippen molar-refractivity contribution in [2.75, 3.05) is 26.2 Å². The average Bonchev–Trinajstić information content (AvgIpc) is 2.77.